The van der Waals surface area contributed by atoms with Crippen molar-refractivity contribution in [2.45, 2.75) is 18.6 Å². The van der Waals surface area contributed by atoms with Crippen molar-refractivity contribution in [1.29, 1.82) is 0 Å². The number of rotatable bonds is 4. The molecule has 2 aromatic carbocycles. The first kappa shape index (κ1) is 19.4. The number of aliphatic imine (C=N–C) groups is 1. The molecule has 2 aromatic rings. The molecule has 1 N–H and O–H groups in total. The average molecular weight is 406 g/mol. The van der Waals surface area contributed by atoms with Gasteiger partial charge >= 0.3 is 0 Å². The standard InChI is InChI=1S/C19H17ClFN3O2S/c1-2-24-17(25)11-16(18(26)23-15-9-4-3-8-14(15)20)27-19(24)22-13-7-5-6-12(21)10-13/h3-10,16H,2,11H2,1H3,(H,23,26). The van der Waals surface area contributed by atoms with Crippen molar-refractivity contribution in [2.75, 3.05) is 11.9 Å². The summed E-state index contributed by atoms with van der Waals surface area (Å²) in [5, 5.41) is 2.89. The molecule has 5 nitrogen and oxygen atoms in total. The van der Waals surface area contributed by atoms with Crippen LogP contribution < -0.4 is 5.32 Å². The third-order valence-corrected chi connectivity index (χ3v) is 5.43. The van der Waals surface area contributed by atoms with Crippen molar-refractivity contribution in [2.24, 2.45) is 4.99 Å². The summed E-state index contributed by atoms with van der Waals surface area (Å²) in [6, 6.07) is 12.7. The molecule has 0 aromatic heterocycles. The zero-order chi connectivity index (χ0) is 19.4. The fourth-order valence-corrected chi connectivity index (χ4v) is 3.93. The molecule has 2 amide bonds. The van der Waals surface area contributed by atoms with Crippen LogP contribution in [0.25, 0.3) is 0 Å². The molecule has 0 aliphatic carbocycles. The molecule has 0 saturated carbocycles. The topological polar surface area (TPSA) is 61.8 Å². The lowest BCUT2D eigenvalue weighted by molar-refractivity contribution is -0.129. The van der Waals surface area contributed by atoms with Crippen LogP contribution in [0.4, 0.5) is 15.8 Å². The molecule has 140 valence electrons. The van der Waals surface area contributed by atoms with E-state index in [4.69, 9.17) is 11.6 Å². The second kappa shape index (κ2) is 8.54. The van der Waals surface area contributed by atoms with Gasteiger partial charge in [0.2, 0.25) is 11.8 Å². The van der Waals surface area contributed by atoms with E-state index in [0.29, 0.717) is 28.1 Å². The van der Waals surface area contributed by atoms with Gasteiger partial charge in [-0.05, 0) is 37.3 Å². The minimum absolute atomic E-state index is 0.0525. The van der Waals surface area contributed by atoms with Crippen molar-refractivity contribution in [3.05, 3.63) is 59.4 Å². The number of hydrogen-bond donors (Lipinski definition) is 1. The van der Waals surface area contributed by atoms with E-state index in [9.17, 15) is 14.0 Å². The van der Waals surface area contributed by atoms with Crippen molar-refractivity contribution in [1.82, 2.24) is 4.90 Å². The SMILES string of the molecule is CCN1C(=O)CC(C(=O)Nc2ccccc2Cl)SC1=Nc1cccc(F)c1. The molecule has 3 rings (SSSR count). The minimum Gasteiger partial charge on any atom is -0.324 e. The van der Waals surface area contributed by atoms with Gasteiger partial charge in [0, 0.05) is 13.0 Å². The molecule has 1 saturated heterocycles. The number of hydrogen-bond acceptors (Lipinski definition) is 4. The zero-order valence-corrected chi connectivity index (χ0v) is 16.1. The van der Waals surface area contributed by atoms with Crippen molar-refractivity contribution >= 4 is 51.7 Å². The maximum absolute atomic E-state index is 13.4. The molecule has 1 atom stereocenters. The summed E-state index contributed by atoms with van der Waals surface area (Å²) in [5.41, 5.74) is 0.870. The third-order valence-electron chi connectivity index (χ3n) is 3.91. The Labute approximate surface area is 165 Å². The van der Waals surface area contributed by atoms with Crippen molar-refractivity contribution in [3.63, 3.8) is 0 Å². The predicted molar refractivity (Wildman–Crippen MR) is 107 cm³/mol. The zero-order valence-electron chi connectivity index (χ0n) is 14.5. The highest BCUT2D eigenvalue weighted by molar-refractivity contribution is 8.15. The van der Waals surface area contributed by atoms with E-state index in [1.807, 2.05) is 6.92 Å². The molecule has 1 fully saturated rings. The average Bonchev–Trinajstić information content (AvgIpc) is 2.63. The van der Waals surface area contributed by atoms with Crippen molar-refractivity contribution in [3.8, 4) is 0 Å². The molecule has 0 radical (unpaired) electrons. The van der Waals surface area contributed by atoms with Crippen LogP contribution in [0.3, 0.4) is 0 Å². The summed E-state index contributed by atoms with van der Waals surface area (Å²) >= 11 is 7.26. The Morgan fingerprint density at radius 1 is 1.33 bits per heavy atom. The number of nitrogens with zero attached hydrogens (tertiary/aromatic N) is 2. The number of carbonyl (C=O) groups excluding carboxylic acids is 2. The molecule has 1 aliphatic heterocycles. The number of anilines is 1. The first-order chi connectivity index (χ1) is 13.0. The van der Waals surface area contributed by atoms with E-state index >= 15 is 0 Å². The van der Waals surface area contributed by atoms with Crippen LogP contribution in [0.15, 0.2) is 53.5 Å². The molecule has 1 aliphatic rings. The van der Waals surface area contributed by atoms with Gasteiger partial charge in [-0.2, -0.15) is 0 Å². The Bertz CT molecular complexity index is 906. The van der Waals surface area contributed by atoms with Gasteiger partial charge in [-0.3, -0.25) is 14.5 Å². The van der Waals surface area contributed by atoms with E-state index in [1.165, 1.54) is 28.8 Å². The number of amides is 2. The van der Waals surface area contributed by atoms with Gasteiger partial charge in [0.15, 0.2) is 5.17 Å². The quantitative estimate of drug-likeness (QED) is 0.816. The Hall–Kier alpha value is -2.38. The monoisotopic (exact) mass is 405 g/mol. The number of amidine groups is 1. The Kier molecular flexibility index (Phi) is 6.13. The van der Waals surface area contributed by atoms with E-state index in [-0.39, 0.29) is 18.2 Å². The van der Waals surface area contributed by atoms with Crippen molar-refractivity contribution < 1.29 is 14.0 Å². The lowest BCUT2D eigenvalue weighted by Gasteiger charge is -2.31. The van der Waals surface area contributed by atoms with Gasteiger partial charge in [0.05, 0.1) is 16.4 Å². The van der Waals surface area contributed by atoms with Gasteiger partial charge in [0.1, 0.15) is 11.1 Å². The molecule has 27 heavy (non-hydrogen) atoms. The van der Waals surface area contributed by atoms with Crippen LogP contribution in [0.5, 0.6) is 0 Å². The molecular weight excluding hydrogens is 389 g/mol. The summed E-state index contributed by atoms with van der Waals surface area (Å²) in [4.78, 5) is 31.0. The lowest BCUT2D eigenvalue weighted by Crippen LogP contribution is -2.45. The number of nitrogens with one attached hydrogen (secondary N) is 1. The highest BCUT2D eigenvalue weighted by atomic mass is 35.5. The van der Waals surface area contributed by atoms with Gasteiger partial charge in [-0.1, -0.05) is 41.6 Å². The van der Waals surface area contributed by atoms with E-state index in [0.717, 1.165) is 0 Å². The fraction of sp³-hybridized carbons (Fsp3) is 0.211. The first-order valence-corrected chi connectivity index (χ1v) is 9.60. The fourth-order valence-electron chi connectivity index (χ4n) is 2.58. The Balaban J connectivity index is 1.83. The summed E-state index contributed by atoms with van der Waals surface area (Å²) in [6.45, 7) is 2.24. The van der Waals surface area contributed by atoms with Crippen LogP contribution in [-0.2, 0) is 9.59 Å². The lowest BCUT2D eigenvalue weighted by atomic mass is 10.2. The molecule has 0 bridgehead atoms. The number of para-hydroxylation sites is 1. The summed E-state index contributed by atoms with van der Waals surface area (Å²) in [7, 11) is 0. The van der Waals surface area contributed by atoms with Crippen LogP contribution in [0, 0.1) is 5.82 Å². The summed E-state index contributed by atoms with van der Waals surface area (Å²) < 4.78 is 13.4. The maximum atomic E-state index is 13.4. The summed E-state index contributed by atoms with van der Waals surface area (Å²) in [6.07, 6.45) is 0.0525. The second-order valence-corrected chi connectivity index (χ2v) is 7.37. The third kappa shape index (κ3) is 4.67. The van der Waals surface area contributed by atoms with E-state index in [1.54, 1.807) is 36.4 Å². The number of halogens is 2. The summed E-state index contributed by atoms with van der Waals surface area (Å²) in [5.74, 6) is -0.949. The normalized spacial score (nSPS) is 18.6. The molecule has 1 heterocycles. The number of benzene rings is 2. The van der Waals surface area contributed by atoms with Gasteiger partial charge in [-0.15, -0.1) is 0 Å². The first-order valence-electron chi connectivity index (χ1n) is 8.34. The molecule has 0 spiro atoms. The van der Waals surface area contributed by atoms with Gasteiger partial charge < -0.3 is 5.32 Å². The highest BCUT2D eigenvalue weighted by Gasteiger charge is 2.35. The van der Waals surface area contributed by atoms with Crippen LogP contribution in [0.1, 0.15) is 13.3 Å². The van der Waals surface area contributed by atoms with Gasteiger partial charge in [-0.25, -0.2) is 9.38 Å². The predicted octanol–water partition coefficient (Wildman–Crippen LogP) is 4.46. The number of thioether (sulfide) groups is 1. The van der Waals surface area contributed by atoms with E-state index < -0.39 is 11.1 Å². The molecule has 8 heteroatoms. The largest absolute Gasteiger partial charge is 0.324 e. The molecule has 1 unspecified atom stereocenters. The number of carbonyl (C=O) groups is 2. The van der Waals surface area contributed by atoms with E-state index in [2.05, 4.69) is 10.3 Å². The Morgan fingerprint density at radius 3 is 2.81 bits per heavy atom. The van der Waals surface area contributed by atoms with Crippen LogP contribution >= 0.6 is 23.4 Å². The Morgan fingerprint density at radius 2 is 2.11 bits per heavy atom. The maximum Gasteiger partial charge on any atom is 0.238 e. The van der Waals surface area contributed by atoms with Gasteiger partial charge in [0.25, 0.3) is 0 Å². The molecular formula is C19H17ClFN3O2S. The van der Waals surface area contributed by atoms with Crippen LogP contribution in [0.2, 0.25) is 5.02 Å². The van der Waals surface area contributed by atoms with Crippen LogP contribution in [-0.4, -0.2) is 33.7 Å². The highest BCUT2D eigenvalue weighted by Crippen LogP contribution is 2.30. The smallest absolute Gasteiger partial charge is 0.238 e. The second-order valence-electron chi connectivity index (χ2n) is 5.79. The minimum atomic E-state index is -0.649.